The van der Waals surface area contributed by atoms with Crippen LogP contribution in [0.1, 0.15) is 35.7 Å². The van der Waals surface area contributed by atoms with Gasteiger partial charge in [-0.05, 0) is 26.7 Å². The third-order valence-electron chi connectivity index (χ3n) is 4.96. The summed E-state index contributed by atoms with van der Waals surface area (Å²) in [6.45, 7) is 4.96. The van der Waals surface area contributed by atoms with Crippen LogP contribution in [-0.2, 0) is 0 Å². The number of nitrogens with one attached hydrogen (secondary N) is 1. The lowest BCUT2D eigenvalue weighted by molar-refractivity contribution is 0.180. The summed E-state index contributed by atoms with van der Waals surface area (Å²) in [7, 11) is 0. The molecule has 1 N–H and O–H groups in total. The van der Waals surface area contributed by atoms with E-state index in [0.29, 0.717) is 17.8 Å². The molecule has 1 aliphatic rings. The molecule has 1 fully saturated rings. The monoisotopic (exact) mass is 340 g/mol. The molecule has 0 radical (unpaired) electrons. The third kappa shape index (κ3) is 2.63. The van der Waals surface area contributed by atoms with E-state index in [1.165, 1.54) is 15.4 Å². The van der Waals surface area contributed by atoms with Crippen LogP contribution in [0.2, 0.25) is 0 Å². The number of likely N-dealkylation sites (tertiary alicyclic amines) is 1. The molecular formula is C17H20N6O2. The van der Waals surface area contributed by atoms with Crippen molar-refractivity contribution in [3.63, 3.8) is 0 Å². The molecule has 0 aliphatic carbocycles. The average molecular weight is 340 g/mol. The average Bonchev–Trinajstić information content (AvgIpc) is 3.29. The second-order valence-electron chi connectivity index (χ2n) is 6.57. The van der Waals surface area contributed by atoms with Gasteiger partial charge in [0.25, 0.3) is 5.56 Å². The Kier molecular flexibility index (Phi) is 3.67. The number of nitrogens with zero attached hydrogens (tertiary/aromatic N) is 5. The zero-order chi connectivity index (χ0) is 17.6. The Morgan fingerprint density at radius 1 is 1.36 bits per heavy atom. The highest BCUT2D eigenvalue weighted by molar-refractivity contribution is 5.76. The van der Waals surface area contributed by atoms with Gasteiger partial charge >= 0.3 is 6.03 Å². The van der Waals surface area contributed by atoms with Crippen molar-refractivity contribution in [3.05, 3.63) is 52.1 Å². The van der Waals surface area contributed by atoms with E-state index >= 15 is 0 Å². The largest absolute Gasteiger partial charge is 0.329 e. The Morgan fingerprint density at radius 3 is 2.96 bits per heavy atom. The van der Waals surface area contributed by atoms with Crippen LogP contribution in [0.25, 0.3) is 5.65 Å². The summed E-state index contributed by atoms with van der Waals surface area (Å²) in [6.07, 6.45) is 6.65. The van der Waals surface area contributed by atoms with Gasteiger partial charge in [-0.15, -0.1) is 0 Å². The van der Waals surface area contributed by atoms with E-state index in [9.17, 15) is 9.59 Å². The van der Waals surface area contributed by atoms with Gasteiger partial charge in [0.1, 0.15) is 6.33 Å². The standard InChI is InChI=1S/C17H20N6O2/c1-11-12(2)19-15-8-14(20-23(15)16(11)24)13-4-3-6-21(9-13)17(25)22-7-5-18-10-22/h5,7-8,10,13,20H,3-4,6,9H2,1-2H3/t13-/m0/s1. The van der Waals surface area contributed by atoms with E-state index < -0.39 is 0 Å². The number of aryl methyl sites for hydroxylation is 1. The van der Waals surface area contributed by atoms with Gasteiger partial charge < -0.3 is 4.90 Å². The van der Waals surface area contributed by atoms with Crippen LogP contribution in [0.3, 0.4) is 0 Å². The molecule has 1 saturated heterocycles. The minimum Gasteiger partial charge on any atom is -0.323 e. The fourth-order valence-corrected chi connectivity index (χ4v) is 3.39. The van der Waals surface area contributed by atoms with Crippen LogP contribution in [0.4, 0.5) is 4.79 Å². The van der Waals surface area contributed by atoms with Gasteiger partial charge in [0.05, 0.1) is 0 Å². The first-order valence-corrected chi connectivity index (χ1v) is 8.40. The van der Waals surface area contributed by atoms with Crippen LogP contribution in [0.15, 0.2) is 29.6 Å². The fourth-order valence-electron chi connectivity index (χ4n) is 3.39. The lowest BCUT2D eigenvalue weighted by Crippen LogP contribution is -2.41. The van der Waals surface area contributed by atoms with Crippen molar-refractivity contribution in [1.29, 1.82) is 0 Å². The number of hydrogen-bond acceptors (Lipinski definition) is 4. The Morgan fingerprint density at radius 2 is 2.20 bits per heavy atom. The van der Waals surface area contributed by atoms with Crippen molar-refractivity contribution >= 4 is 11.7 Å². The summed E-state index contributed by atoms with van der Waals surface area (Å²) in [5.74, 6) is 0.155. The Balaban J connectivity index is 1.63. The molecule has 0 spiro atoms. The predicted molar refractivity (Wildman–Crippen MR) is 91.9 cm³/mol. The molecule has 3 aromatic rings. The summed E-state index contributed by atoms with van der Waals surface area (Å²) in [5.41, 5.74) is 2.89. The summed E-state index contributed by atoms with van der Waals surface area (Å²) in [4.78, 5) is 35.2. The van der Waals surface area contributed by atoms with Gasteiger partial charge in [0, 0.05) is 54.4 Å². The van der Waals surface area contributed by atoms with Crippen LogP contribution >= 0.6 is 0 Å². The smallest absolute Gasteiger partial charge is 0.323 e. The number of imidazole rings is 1. The van der Waals surface area contributed by atoms with E-state index in [0.717, 1.165) is 30.8 Å². The molecule has 4 heterocycles. The topological polar surface area (TPSA) is 88.3 Å². The third-order valence-corrected chi connectivity index (χ3v) is 4.96. The Bertz CT molecular complexity index is 985. The lowest BCUT2D eigenvalue weighted by atomic mass is 9.95. The number of aromatic nitrogens is 5. The zero-order valence-corrected chi connectivity index (χ0v) is 14.3. The number of piperidine rings is 1. The molecule has 4 rings (SSSR count). The highest BCUT2D eigenvalue weighted by Gasteiger charge is 2.27. The first kappa shape index (κ1) is 15.6. The molecule has 0 saturated carbocycles. The molecule has 0 bridgehead atoms. The molecule has 8 nitrogen and oxygen atoms in total. The van der Waals surface area contributed by atoms with E-state index in [2.05, 4.69) is 15.1 Å². The van der Waals surface area contributed by atoms with E-state index in [1.807, 2.05) is 17.9 Å². The predicted octanol–water partition coefficient (Wildman–Crippen LogP) is 1.68. The quantitative estimate of drug-likeness (QED) is 0.730. The van der Waals surface area contributed by atoms with Gasteiger partial charge in [0.15, 0.2) is 5.65 Å². The SMILES string of the molecule is Cc1nc2cc([C@H]3CCCN(C(=O)n4ccnc4)C3)[nH]n2c(=O)c1C. The summed E-state index contributed by atoms with van der Waals surface area (Å²) in [6, 6.07) is 1.85. The summed E-state index contributed by atoms with van der Waals surface area (Å²) >= 11 is 0. The minimum atomic E-state index is -0.0732. The summed E-state index contributed by atoms with van der Waals surface area (Å²) in [5, 5.41) is 3.18. The number of hydrogen-bond donors (Lipinski definition) is 1. The van der Waals surface area contributed by atoms with Crippen LogP contribution < -0.4 is 5.56 Å². The van der Waals surface area contributed by atoms with Crippen molar-refractivity contribution < 1.29 is 4.79 Å². The van der Waals surface area contributed by atoms with Gasteiger partial charge in [-0.2, -0.15) is 0 Å². The Hall–Kier alpha value is -2.90. The molecule has 8 heteroatoms. The fraction of sp³-hybridized carbons (Fsp3) is 0.412. The maximum atomic E-state index is 12.5. The zero-order valence-electron chi connectivity index (χ0n) is 14.3. The number of carbonyl (C=O) groups excluding carboxylic acids is 1. The van der Waals surface area contributed by atoms with Crippen LogP contribution in [-0.4, -0.2) is 48.2 Å². The van der Waals surface area contributed by atoms with Crippen LogP contribution in [0.5, 0.6) is 0 Å². The molecule has 1 atom stereocenters. The normalized spacial score (nSPS) is 18.0. The number of carbonyl (C=O) groups is 1. The minimum absolute atomic E-state index is 0.0692. The molecule has 130 valence electrons. The van der Waals surface area contributed by atoms with Gasteiger partial charge in [-0.3, -0.25) is 14.5 Å². The molecule has 0 unspecified atom stereocenters. The molecule has 25 heavy (non-hydrogen) atoms. The van der Waals surface area contributed by atoms with Gasteiger partial charge in [0.2, 0.25) is 0 Å². The van der Waals surface area contributed by atoms with Gasteiger partial charge in [-0.1, -0.05) is 0 Å². The summed E-state index contributed by atoms with van der Waals surface area (Å²) < 4.78 is 2.99. The Labute approximate surface area is 144 Å². The number of fused-ring (bicyclic) bond motifs is 1. The molecule has 0 aromatic carbocycles. The van der Waals surface area contributed by atoms with E-state index in [4.69, 9.17) is 0 Å². The van der Waals surface area contributed by atoms with Crippen molar-refractivity contribution in [3.8, 4) is 0 Å². The molecule has 3 aromatic heterocycles. The number of aromatic amines is 1. The highest BCUT2D eigenvalue weighted by atomic mass is 16.2. The second-order valence-corrected chi connectivity index (χ2v) is 6.57. The number of amides is 1. The maximum Gasteiger partial charge on any atom is 0.329 e. The lowest BCUT2D eigenvalue weighted by Gasteiger charge is -2.32. The van der Waals surface area contributed by atoms with Crippen molar-refractivity contribution in [2.45, 2.75) is 32.6 Å². The van der Waals surface area contributed by atoms with Crippen molar-refractivity contribution in [2.75, 3.05) is 13.1 Å². The van der Waals surface area contributed by atoms with Crippen LogP contribution in [0, 0.1) is 13.8 Å². The van der Waals surface area contributed by atoms with E-state index in [1.54, 1.807) is 19.3 Å². The maximum absolute atomic E-state index is 12.5. The molecule has 1 aliphatic heterocycles. The second kappa shape index (κ2) is 5.87. The highest BCUT2D eigenvalue weighted by Crippen LogP contribution is 2.26. The first-order valence-electron chi connectivity index (χ1n) is 8.40. The number of rotatable bonds is 1. The van der Waals surface area contributed by atoms with Crippen molar-refractivity contribution in [2.24, 2.45) is 0 Å². The van der Waals surface area contributed by atoms with Gasteiger partial charge in [-0.25, -0.2) is 19.3 Å². The molecule has 1 amide bonds. The van der Waals surface area contributed by atoms with Crippen molar-refractivity contribution in [1.82, 2.24) is 29.0 Å². The van der Waals surface area contributed by atoms with E-state index in [-0.39, 0.29) is 17.5 Å². The molecular weight excluding hydrogens is 320 g/mol. The first-order chi connectivity index (χ1) is 12.0. The number of H-pyrrole nitrogens is 1.